The average molecular weight is 243 g/mol. The first-order valence-corrected chi connectivity index (χ1v) is 5.66. The molecule has 0 aliphatic rings. The van der Waals surface area contributed by atoms with Crippen LogP contribution in [0, 0.1) is 11.6 Å². The zero-order chi connectivity index (χ0) is 13.1. The quantitative estimate of drug-likeness (QED) is 0.858. The molecule has 0 saturated heterocycles. The molecule has 0 spiro atoms. The molecule has 1 rings (SSSR count). The Labute approximate surface area is 101 Å². The molecule has 1 N–H and O–H groups in total. The summed E-state index contributed by atoms with van der Waals surface area (Å²) in [6.07, 6.45) is 0.685. The number of nitrogens with one attached hydrogen (secondary N) is 1. The van der Waals surface area contributed by atoms with Gasteiger partial charge in [-0.25, -0.2) is 8.78 Å². The first-order chi connectivity index (χ1) is 7.98. The van der Waals surface area contributed by atoms with E-state index < -0.39 is 23.3 Å². The summed E-state index contributed by atoms with van der Waals surface area (Å²) in [6.45, 7) is 3.82. The zero-order valence-electron chi connectivity index (χ0n) is 10.7. The second kappa shape index (κ2) is 5.56. The summed E-state index contributed by atoms with van der Waals surface area (Å²) < 4.78 is 32.4. The fourth-order valence-corrected chi connectivity index (χ4v) is 1.99. The van der Waals surface area contributed by atoms with E-state index in [4.69, 9.17) is 4.74 Å². The monoisotopic (exact) mass is 243 g/mol. The van der Waals surface area contributed by atoms with E-state index in [0.29, 0.717) is 12.0 Å². The number of rotatable bonds is 5. The largest absolute Gasteiger partial charge is 0.377 e. The van der Waals surface area contributed by atoms with Crippen LogP contribution in [-0.2, 0) is 4.74 Å². The smallest absolute Gasteiger partial charge is 0.128 e. The van der Waals surface area contributed by atoms with Crippen molar-refractivity contribution in [3.63, 3.8) is 0 Å². The second-order valence-electron chi connectivity index (χ2n) is 4.26. The molecule has 17 heavy (non-hydrogen) atoms. The maximum absolute atomic E-state index is 13.7. The van der Waals surface area contributed by atoms with Gasteiger partial charge in [0, 0.05) is 12.7 Å². The molecule has 2 unspecified atom stereocenters. The maximum Gasteiger partial charge on any atom is 0.128 e. The van der Waals surface area contributed by atoms with Crippen LogP contribution in [-0.4, -0.2) is 19.8 Å². The lowest BCUT2D eigenvalue weighted by Gasteiger charge is -2.36. The fourth-order valence-electron chi connectivity index (χ4n) is 1.99. The van der Waals surface area contributed by atoms with Crippen LogP contribution in [0.1, 0.15) is 31.9 Å². The third-order valence-electron chi connectivity index (χ3n) is 3.34. The molecule has 0 bridgehead atoms. The molecule has 2 atom stereocenters. The summed E-state index contributed by atoms with van der Waals surface area (Å²) in [7, 11) is 3.28. The normalized spacial score (nSPS) is 16.6. The van der Waals surface area contributed by atoms with Gasteiger partial charge in [-0.2, -0.15) is 0 Å². The van der Waals surface area contributed by atoms with Crippen molar-refractivity contribution in [2.75, 3.05) is 14.2 Å². The summed E-state index contributed by atoms with van der Waals surface area (Å²) in [5.41, 5.74) is -0.290. The topological polar surface area (TPSA) is 21.3 Å². The molecule has 0 aliphatic heterocycles. The van der Waals surface area contributed by atoms with E-state index in [1.54, 1.807) is 14.2 Å². The first-order valence-electron chi connectivity index (χ1n) is 5.66. The number of likely N-dealkylation sites (N-methyl/N-ethyl adjacent to an activating group) is 1. The van der Waals surface area contributed by atoms with Crippen molar-refractivity contribution in [1.82, 2.24) is 5.32 Å². The highest BCUT2D eigenvalue weighted by molar-refractivity contribution is 5.25. The van der Waals surface area contributed by atoms with Gasteiger partial charge in [0.15, 0.2) is 0 Å². The van der Waals surface area contributed by atoms with E-state index in [9.17, 15) is 8.78 Å². The van der Waals surface area contributed by atoms with Gasteiger partial charge in [-0.3, -0.25) is 0 Å². The van der Waals surface area contributed by atoms with Crippen LogP contribution in [0.25, 0.3) is 0 Å². The number of halogens is 2. The zero-order valence-corrected chi connectivity index (χ0v) is 10.7. The number of hydrogen-bond donors (Lipinski definition) is 1. The van der Waals surface area contributed by atoms with Crippen molar-refractivity contribution in [3.8, 4) is 0 Å². The number of benzene rings is 1. The van der Waals surface area contributed by atoms with Gasteiger partial charge < -0.3 is 10.1 Å². The second-order valence-corrected chi connectivity index (χ2v) is 4.26. The predicted molar refractivity (Wildman–Crippen MR) is 63.9 cm³/mol. The van der Waals surface area contributed by atoms with Crippen molar-refractivity contribution in [3.05, 3.63) is 35.4 Å². The standard InChI is InChI=1S/C13H19F2NO/c1-5-13(2,17-4)12(16-3)10-8-9(14)6-7-11(10)15/h6-8,12,16H,5H2,1-4H3. The Morgan fingerprint density at radius 1 is 1.41 bits per heavy atom. The minimum Gasteiger partial charge on any atom is -0.377 e. The van der Waals surface area contributed by atoms with Crippen molar-refractivity contribution in [2.45, 2.75) is 31.9 Å². The Morgan fingerprint density at radius 3 is 2.53 bits per heavy atom. The Kier molecular flexibility index (Phi) is 4.60. The minimum atomic E-state index is -0.580. The van der Waals surface area contributed by atoms with Gasteiger partial charge in [0.2, 0.25) is 0 Å². The first kappa shape index (κ1) is 14.1. The van der Waals surface area contributed by atoms with E-state index in [-0.39, 0.29) is 0 Å². The molecule has 0 aromatic heterocycles. The van der Waals surface area contributed by atoms with Crippen molar-refractivity contribution in [1.29, 1.82) is 0 Å². The van der Waals surface area contributed by atoms with E-state index in [1.165, 1.54) is 6.07 Å². The van der Waals surface area contributed by atoms with Crippen LogP contribution in [0.4, 0.5) is 8.78 Å². The van der Waals surface area contributed by atoms with Crippen LogP contribution in [0.2, 0.25) is 0 Å². The molecular weight excluding hydrogens is 224 g/mol. The molecule has 96 valence electrons. The van der Waals surface area contributed by atoms with Crippen LogP contribution in [0.3, 0.4) is 0 Å². The van der Waals surface area contributed by atoms with E-state index >= 15 is 0 Å². The number of ether oxygens (including phenoxy) is 1. The van der Waals surface area contributed by atoms with Crippen LogP contribution in [0.15, 0.2) is 18.2 Å². The van der Waals surface area contributed by atoms with Gasteiger partial charge in [-0.1, -0.05) is 6.92 Å². The molecule has 0 saturated carbocycles. The van der Waals surface area contributed by atoms with Crippen LogP contribution >= 0.6 is 0 Å². The molecule has 0 fully saturated rings. The summed E-state index contributed by atoms with van der Waals surface area (Å²) >= 11 is 0. The van der Waals surface area contributed by atoms with Crippen molar-refractivity contribution >= 4 is 0 Å². The third-order valence-corrected chi connectivity index (χ3v) is 3.34. The highest BCUT2D eigenvalue weighted by Crippen LogP contribution is 2.32. The highest BCUT2D eigenvalue weighted by Gasteiger charge is 2.34. The van der Waals surface area contributed by atoms with Crippen LogP contribution < -0.4 is 5.32 Å². The van der Waals surface area contributed by atoms with Gasteiger partial charge in [0.25, 0.3) is 0 Å². The van der Waals surface area contributed by atoms with Gasteiger partial charge in [-0.15, -0.1) is 0 Å². The van der Waals surface area contributed by atoms with Crippen molar-refractivity contribution < 1.29 is 13.5 Å². The summed E-state index contributed by atoms with van der Waals surface area (Å²) in [5, 5.41) is 3.00. The Balaban J connectivity index is 3.21. The minimum absolute atomic E-state index is 0.290. The average Bonchev–Trinajstić information content (AvgIpc) is 2.34. The van der Waals surface area contributed by atoms with Gasteiger partial charge >= 0.3 is 0 Å². The lowest BCUT2D eigenvalue weighted by molar-refractivity contribution is -0.0289. The van der Waals surface area contributed by atoms with E-state index in [0.717, 1.165) is 12.1 Å². The molecule has 0 heterocycles. The Bertz CT molecular complexity index is 378. The van der Waals surface area contributed by atoms with Gasteiger partial charge in [0.1, 0.15) is 11.6 Å². The van der Waals surface area contributed by atoms with E-state index in [1.807, 2.05) is 13.8 Å². The molecule has 1 aromatic rings. The summed E-state index contributed by atoms with van der Waals surface area (Å²) in [6, 6.07) is 3.07. The third kappa shape index (κ3) is 2.82. The molecule has 2 nitrogen and oxygen atoms in total. The van der Waals surface area contributed by atoms with Crippen molar-refractivity contribution in [2.24, 2.45) is 0 Å². The maximum atomic E-state index is 13.7. The molecule has 0 amide bonds. The molecule has 1 aromatic carbocycles. The highest BCUT2D eigenvalue weighted by atomic mass is 19.1. The predicted octanol–water partition coefficient (Wildman–Crippen LogP) is 3.04. The lowest BCUT2D eigenvalue weighted by atomic mass is 9.87. The van der Waals surface area contributed by atoms with Crippen LogP contribution in [0.5, 0.6) is 0 Å². The molecular formula is C13H19F2NO. The SMILES string of the molecule is CCC(C)(OC)C(NC)c1cc(F)ccc1F. The molecule has 0 radical (unpaired) electrons. The van der Waals surface area contributed by atoms with E-state index in [2.05, 4.69) is 5.32 Å². The Morgan fingerprint density at radius 2 is 2.06 bits per heavy atom. The lowest BCUT2D eigenvalue weighted by Crippen LogP contribution is -2.42. The number of methoxy groups -OCH3 is 1. The summed E-state index contributed by atoms with van der Waals surface area (Å²) in [4.78, 5) is 0. The number of hydrogen-bond acceptors (Lipinski definition) is 2. The summed E-state index contributed by atoms with van der Waals surface area (Å²) in [5.74, 6) is -0.876. The fraction of sp³-hybridized carbons (Fsp3) is 0.538. The molecule has 0 aliphatic carbocycles. The van der Waals surface area contributed by atoms with Gasteiger partial charge in [-0.05, 0) is 38.6 Å². The molecule has 4 heteroatoms. The van der Waals surface area contributed by atoms with Gasteiger partial charge in [0.05, 0.1) is 11.6 Å². The Hall–Kier alpha value is -1.00.